The van der Waals surface area contributed by atoms with E-state index in [1.54, 1.807) is 13.0 Å². The number of hydrogen-bond acceptors (Lipinski definition) is 6. The van der Waals surface area contributed by atoms with Gasteiger partial charge in [0.1, 0.15) is 11.4 Å². The van der Waals surface area contributed by atoms with E-state index in [9.17, 15) is 26.7 Å². The quantitative estimate of drug-likeness (QED) is 0.440. The van der Waals surface area contributed by atoms with Crippen LogP contribution in [0.2, 0.25) is 0 Å². The van der Waals surface area contributed by atoms with E-state index in [1.807, 2.05) is 0 Å². The van der Waals surface area contributed by atoms with Crippen LogP contribution in [0.1, 0.15) is 53.4 Å². The molecule has 0 amide bonds. The Hall–Kier alpha value is -3.24. The predicted molar refractivity (Wildman–Crippen MR) is 116 cm³/mol. The normalized spacial score (nSPS) is 22.4. The fourth-order valence-electron chi connectivity index (χ4n) is 4.04. The third-order valence-corrected chi connectivity index (χ3v) is 6.10. The SMILES string of the molecule is Cc1cc(OCC2CC2)cnc1C(=O)Cc1cc(F)c(F)c([C@]2(C)C[C@@H](C(F)(F)F)OC(N)=N2)c1. The van der Waals surface area contributed by atoms with Crippen molar-refractivity contribution < 1.29 is 36.2 Å². The van der Waals surface area contributed by atoms with Crippen molar-refractivity contribution in [1.29, 1.82) is 0 Å². The summed E-state index contributed by atoms with van der Waals surface area (Å²) >= 11 is 0. The Labute approximate surface area is 198 Å². The molecule has 1 aromatic carbocycles. The molecule has 2 aliphatic rings. The van der Waals surface area contributed by atoms with Crippen molar-refractivity contribution in [2.45, 2.75) is 57.3 Å². The van der Waals surface area contributed by atoms with Gasteiger partial charge >= 0.3 is 6.18 Å². The zero-order valence-electron chi connectivity index (χ0n) is 19.1. The molecule has 0 saturated heterocycles. The van der Waals surface area contributed by atoms with Gasteiger partial charge in [-0.05, 0) is 61.9 Å². The van der Waals surface area contributed by atoms with E-state index in [0.717, 1.165) is 25.0 Å². The number of halogens is 5. The van der Waals surface area contributed by atoms with E-state index in [0.29, 0.717) is 23.8 Å². The summed E-state index contributed by atoms with van der Waals surface area (Å²) in [6, 6.07) is 2.85. The van der Waals surface area contributed by atoms with Gasteiger partial charge < -0.3 is 15.2 Å². The molecule has 1 aromatic heterocycles. The summed E-state index contributed by atoms with van der Waals surface area (Å²) in [5.41, 5.74) is 3.86. The predicted octanol–water partition coefficient (Wildman–Crippen LogP) is 4.76. The van der Waals surface area contributed by atoms with Crippen LogP contribution in [-0.2, 0) is 16.7 Å². The molecule has 1 fully saturated rings. The fourth-order valence-corrected chi connectivity index (χ4v) is 4.04. The number of alkyl halides is 3. The standard InChI is InChI=1S/C24H24F5N3O3/c1-12-5-15(34-11-13-3-4-13)10-31-21(12)18(33)8-14-6-16(20(26)17(25)7-14)23(2)9-19(24(27,28)29)35-22(30)32-23/h5-7,10,13,19H,3-4,8-9,11H2,1-2H3,(H2,30,32)/t19-,23-/m0/s1. The lowest BCUT2D eigenvalue weighted by Crippen LogP contribution is -2.46. The molecular weight excluding hydrogens is 473 g/mol. The second-order valence-electron chi connectivity index (χ2n) is 9.21. The average molecular weight is 497 g/mol. The first-order chi connectivity index (χ1) is 16.4. The van der Waals surface area contributed by atoms with E-state index in [2.05, 4.69) is 14.7 Å². The Balaban J connectivity index is 1.58. The number of Topliss-reactive ketones (excluding diaryl/α,β-unsaturated/α-hetero) is 1. The number of nitrogens with zero attached hydrogens (tertiary/aromatic N) is 2. The largest absolute Gasteiger partial charge is 0.492 e. The highest BCUT2D eigenvalue weighted by molar-refractivity contribution is 5.97. The van der Waals surface area contributed by atoms with E-state index in [1.165, 1.54) is 13.1 Å². The monoisotopic (exact) mass is 497 g/mol. The first-order valence-electron chi connectivity index (χ1n) is 11.1. The average Bonchev–Trinajstić information content (AvgIpc) is 3.58. The Bertz CT molecular complexity index is 1180. The van der Waals surface area contributed by atoms with Gasteiger partial charge in [-0.3, -0.25) is 4.79 Å². The lowest BCUT2D eigenvalue weighted by molar-refractivity contribution is -0.208. The van der Waals surface area contributed by atoms with Gasteiger partial charge in [-0.1, -0.05) is 0 Å². The van der Waals surface area contributed by atoms with Crippen molar-refractivity contribution in [2.24, 2.45) is 16.6 Å². The Morgan fingerprint density at radius 2 is 1.97 bits per heavy atom. The third kappa shape index (κ3) is 5.54. The van der Waals surface area contributed by atoms with Crippen LogP contribution >= 0.6 is 0 Å². The summed E-state index contributed by atoms with van der Waals surface area (Å²) in [6.07, 6.45) is -4.62. The van der Waals surface area contributed by atoms with Crippen molar-refractivity contribution >= 4 is 11.8 Å². The zero-order chi connectivity index (χ0) is 25.5. The highest BCUT2D eigenvalue weighted by Crippen LogP contribution is 2.41. The van der Waals surface area contributed by atoms with E-state index < -0.39 is 53.2 Å². The Morgan fingerprint density at radius 3 is 2.60 bits per heavy atom. The van der Waals surface area contributed by atoms with E-state index >= 15 is 0 Å². The Morgan fingerprint density at radius 1 is 1.26 bits per heavy atom. The van der Waals surface area contributed by atoms with Crippen LogP contribution in [0, 0.1) is 24.5 Å². The number of benzene rings is 1. The number of ketones is 1. The molecule has 1 aliphatic heterocycles. The van der Waals surface area contributed by atoms with Gasteiger partial charge in [0.25, 0.3) is 6.02 Å². The number of aliphatic imine (C=N–C) groups is 1. The molecule has 188 valence electrons. The summed E-state index contributed by atoms with van der Waals surface area (Å²) < 4.78 is 79.3. The Kier molecular flexibility index (Phi) is 6.46. The summed E-state index contributed by atoms with van der Waals surface area (Å²) in [5.74, 6) is -2.08. The molecule has 0 bridgehead atoms. The molecule has 2 N–H and O–H groups in total. The van der Waals surface area contributed by atoms with Crippen LogP contribution < -0.4 is 10.5 Å². The van der Waals surface area contributed by atoms with Gasteiger partial charge in [0.05, 0.1) is 18.3 Å². The number of aryl methyl sites for hydroxylation is 1. The highest BCUT2D eigenvalue weighted by Gasteiger charge is 2.50. The van der Waals surface area contributed by atoms with Crippen LogP contribution in [0.3, 0.4) is 0 Å². The first kappa shape index (κ1) is 24.9. The fraction of sp³-hybridized carbons (Fsp3) is 0.458. The molecule has 2 atom stereocenters. The maximum atomic E-state index is 14.7. The maximum Gasteiger partial charge on any atom is 0.425 e. The topological polar surface area (TPSA) is 86.8 Å². The molecule has 0 radical (unpaired) electrons. The van der Waals surface area contributed by atoms with Gasteiger partial charge in [-0.25, -0.2) is 18.8 Å². The van der Waals surface area contributed by atoms with Crippen molar-refractivity contribution in [3.8, 4) is 5.75 Å². The number of carbonyl (C=O) groups excluding carboxylic acids is 1. The second kappa shape index (κ2) is 9.09. The minimum Gasteiger partial charge on any atom is -0.492 e. The lowest BCUT2D eigenvalue weighted by atomic mass is 9.84. The molecule has 11 heteroatoms. The molecule has 1 aliphatic carbocycles. The maximum absolute atomic E-state index is 14.7. The summed E-state index contributed by atoms with van der Waals surface area (Å²) in [5, 5.41) is 0. The van der Waals surface area contributed by atoms with Gasteiger partial charge in [-0.15, -0.1) is 0 Å². The summed E-state index contributed by atoms with van der Waals surface area (Å²) in [4.78, 5) is 20.9. The first-order valence-corrected chi connectivity index (χ1v) is 11.1. The number of nitrogens with two attached hydrogens (primary N) is 1. The van der Waals surface area contributed by atoms with Crippen LogP contribution in [-0.4, -0.2) is 35.7 Å². The molecule has 2 heterocycles. The van der Waals surface area contributed by atoms with Gasteiger partial charge in [-0.2, -0.15) is 13.2 Å². The molecule has 0 unspecified atom stereocenters. The number of hydrogen-bond donors (Lipinski definition) is 1. The molecule has 6 nitrogen and oxygen atoms in total. The van der Waals surface area contributed by atoms with Crippen LogP contribution in [0.15, 0.2) is 29.4 Å². The second-order valence-corrected chi connectivity index (χ2v) is 9.21. The van der Waals surface area contributed by atoms with Crippen molar-refractivity contribution in [3.63, 3.8) is 0 Å². The highest BCUT2D eigenvalue weighted by atomic mass is 19.4. The number of aromatic nitrogens is 1. The van der Waals surface area contributed by atoms with Crippen molar-refractivity contribution in [1.82, 2.24) is 4.98 Å². The lowest BCUT2D eigenvalue weighted by Gasteiger charge is -2.36. The summed E-state index contributed by atoms with van der Waals surface area (Å²) in [6.45, 7) is 3.47. The van der Waals surface area contributed by atoms with Crippen LogP contribution in [0.4, 0.5) is 22.0 Å². The third-order valence-electron chi connectivity index (χ3n) is 6.10. The molecular formula is C24H24F5N3O3. The number of carbonyl (C=O) groups is 1. The number of rotatable bonds is 7. The molecule has 2 aromatic rings. The molecule has 4 rings (SSSR count). The summed E-state index contributed by atoms with van der Waals surface area (Å²) in [7, 11) is 0. The van der Waals surface area contributed by atoms with Gasteiger partial charge in [0.15, 0.2) is 23.5 Å². The number of pyridine rings is 1. The van der Waals surface area contributed by atoms with Crippen LogP contribution in [0.25, 0.3) is 0 Å². The molecule has 0 spiro atoms. The minimum absolute atomic E-state index is 0.0595. The van der Waals surface area contributed by atoms with Crippen molar-refractivity contribution in [2.75, 3.05) is 6.61 Å². The smallest absolute Gasteiger partial charge is 0.425 e. The zero-order valence-corrected chi connectivity index (χ0v) is 19.1. The number of ether oxygens (including phenoxy) is 2. The van der Waals surface area contributed by atoms with Crippen LogP contribution in [0.5, 0.6) is 5.75 Å². The minimum atomic E-state index is -4.79. The van der Waals surface area contributed by atoms with Gasteiger partial charge in [0.2, 0.25) is 0 Å². The number of amidine groups is 1. The van der Waals surface area contributed by atoms with E-state index in [-0.39, 0.29) is 17.7 Å². The van der Waals surface area contributed by atoms with Crippen molar-refractivity contribution in [3.05, 3.63) is 58.4 Å². The molecule has 35 heavy (non-hydrogen) atoms. The molecule has 1 saturated carbocycles. The van der Waals surface area contributed by atoms with Gasteiger partial charge in [0, 0.05) is 18.4 Å². The van der Waals surface area contributed by atoms with E-state index in [4.69, 9.17) is 10.5 Å².